The Morgan fingerprint density at radius 3 is 2.60 bits per heavy atom. The number of halogens is 3. The van der Waals surface area contributed by atoms with Gasteiger partial charge in [-0.05, 0) is 35.4 Å². The summed E-state index contributed by atoms with van der Waals surface area (Å²) in [5.41, 5.74) is 1.55. The van der Waals surface area contributed by atoms with Crippen LogP contribution in [0.1, 0.15) is 17.0 Å². The van der Waals surface area contributed by atoms with Crippen molar-refractivity contribution in [1.29, 1.82) is 0 Å². The Labute approximate surface area is 140 Å². The lowest BCUT2D eigenvalue weighted by Crippen LogP contribution is -2.17. The molecule has 0 saturated carbocycles. The number of hydrogen-bond acceptors (Lipinski definition) is 6. The lowest BCUT2D eigenvalue weighted by molar-refractivity contribution is -0.274. The molecule has 0 atom stereocenters. The first-order chi connectivity index (χ1) is 12.0. The fourth-order valence-electron chi connectivity index (χ4n) is 2.10. The number of aromatic nitrogens is 3. The van der Waals surface area contributed by atoms with Crippen molar-refractivity contribution in [3.05, 3.63) is 65.8 Å². The molecule has 0 aliphatic rings. The van der Waals surface area contributed by atoms with Crippen molar-refractivity contribution in [3.8, 4) is 5.75 Å². The van der Waals surface area contributed by atoms with Gasteiger partial charge in [0.1, 0.15) is 5.75 Å². The molecule has 130 valence electrons. The van der Waals surface area contributed by atoms with Crippen molar-refractivity contribution in [1.82, 2.24) is 15.2 Å². The minimum Gasteiger partial charge on any atom is -0.408 e. The van der Waals surface area contributed by atoms with E-state index in [-0.39, 0.29) is 18.3 Å². The first-order valence-corrected chi connectivity index (χ1v) is 7.28. The van der Waals surface area contributed by atoms with Crippen molar-refractivity contribution in [2.75, 3.05) is 5.32 Å². The number of alkyl halides is 3. The van der Waals surface area contributed by atoms with E-state index >= 15 is 0 Å². The molecule has 0 fully saturated rings. The molecule has 2 aromatic heterocycles. The number of anilines is 1. The smallest absolute Gasteiger partial charge is 0.408 e. The summed E-state index contributed by atoms with van der Waals surface area (Å²) in [5.74, 6) is 0.138. The molecule has 0 saturated heterocycles. The largest absolute Gasteiger partial charge is 0.573 e. The second-order valence-corrected chi connectivity index (χ2v) is 5.08. The van der Waals surface area contributed by atoms with Gasteiger partial charge in [0.2, 0.25) is 5.89 Å². The zero-order valence-electron chi connectivity index (χ0n) is 12.8. The van der Waals surface area contributed by atoms with Crippen LogP contribution in [0.4, 0.5) is 19.2 Å². The van der Waals surface area contributed by atoms with Crippen LogP contribution in [0, 0.1) is 0 Å². The summed E-state index contributed by atoms with van der Waals surface area (Å²) in [7, 11) is 0. The zero-order chi connectivity index (χ0) is 17.7. The Morgan fingerprint density at radius 1 is 1.04 bits per heavy atom. The minimum atomic E-state index is -4.72. The van der Waals surface area contributed by atoms with Crippen LogP contribution in [0.5, 0.6) is 5.75 Å². The predicted molar refractivity (Wildman–Crippen MR) is 81.8 cm³/mol. The highest BCUT2D eigenvalue weighted by atomic mass is 19.4. The Hall–Kier alpha value is -3.10. The molecule has 9 heteroatoms. The summed E-state index contributed by atoms with van der Waals surface area (Å²) >= 11 is 0. The second kappa shape index (κ2) is 7.20. The van der Waals surface area contributed by atoms with Crippen molar-refractivity contribution in [2.45, 2.75) is 19.3 Å². The molecule has 0 amide bonds. The molecule has 1 N–H and O–H groups in total. The lowest BCUT2D eigenvalue weighted by atomic mass is 10.2. The van der Waals surface area contributed by atoms with Crippen molar-refractivity contribution in [3.63, 3.8) is 0 Å². The topological polar surface area (TPSA) is 73.1 Å². The molecule has 25 heavy (non-hydrogen) atoms. The van der Waals surface area contributed by atoms with E-state index in [0.717, 1.165) is 5.56 Å². The minimum absolute atomic E-state index is 0.186. The summed E-state index contributed by atoms with van der Waals surface area (Å²) < 4.78 is 46.0. The number of pyridine rings is 1. The van der Waals surface area contributed by atoms with Gasteiger partial charge in [-0.3, -0.25) is 4.98 Å². The maximum atomic E-state index is 12.2. The molecule has 3 aromatic rings. The molecule has 2 heterocycles. The van der Waals surface area contributed by atoms with Crippen LogP contribution in [0.25, 0.3) is 0 Å². The standard InChI is InChI=1S/C16H13F3N4O2/c17-16(18,19)25-13-3-1-2-12(8-13)10-21-15-23-22-14(24-15)9-11-4-6-20-7-5-11/h1-8H,9-10H2,(H,21,23). The average molecular weight is 350 g/mol. The highest BCUT2D eigenvalue weighted by molar-refractivity contribution is 5.31. The molecule has 1 aromatic carbocycles. The summed E-state index contributed by atoms with van der Waals surface area (Å²) in [5, 5.41) is 10.6. The number of rotatable bonds is 6. The van der Waals surface area contributed by atoms with Crippen LogP contribution in [-0.4, -0.2) is 21.5 Å². The summed E-state index contributed by atoms with van der Waals surface area (Å²) in [6.45, 7) is 0.214. The van der Waals surface area contributed by atoms with Crippen LogP contribution >= 0.6 is 0 Å². The Morgan fingerprint density at radius 2 is 1.84 bits per heavy atom. The maximum Gasteiger partial charge on any atom is 0.573 e. The highest BCUT2D eigenvalue weighted by Crippen LogP contribution is 2.23. The Kier molecular flexibility index (Phi) is 4.82. The van der Waals surface area contributed by atoms with Gasteiger partial charge in [0.15, 0.2) is 0 Å². The molecule has 0 aliphatic heterocycles. The second-order valence-electron chi connectivity index (χ2n) is 5.08. The fourth-order valence-corrected chi connectivity index (χ4v) is 2.10. The van der Waals surface area contributed by atoms with E-state index in [1.807, 2.05) is 12.1 Å². The van der Waals surface area contributed by atoms with E-state index in [1.54, 1.807) is 18.5 Å². The van der Waals surface area contributed by atoms with Crippen molar-refractivity contribution in [2.24, 2.45) is 0 Å². The number of benzene rings is 1. The molecular weight excluding hydrogens is 337 g/mol. The molecule has 0 radical (unpaired) electrons. The van der Waals surface area contributed by atoms with E-state index in [0.29, 0.717) is 17.9 Å². The quantitative estimate of drug-likeness (QED) is 0.733. The van der Waals surface area contributed by atoms with Crippen molar-refractivity contribution < 1.29 is 22.3 Å². The number of hydrogen-bond donors (Lipinski definition) is 1. The number of nitrogens with one attached hydrogen (secondary N) is 1. The summed E-state index contributed by atoms with van der Waals surface area (Å²) in [4.78, 5) is 3.92. The molecule has 0 spiro atoms. The normalized spacial score (nSPS) is 11.3. The van der Waals surface area contributed by atoms with Gasteiger partial charge >= 0.3 is 12.4 Å². The third-order valence-electron chi connectivity index (χ3n) is 3.15. The van der Waals surface area contributed by atoms with Crippen LogP contribution in [-0.2, 0) is 13.0 Å². The zero-order valence-corrected chi connectivity index (χ0v) is 12.8. The average Bonchev–Trinajstić information content (AvgIpc) is 3.00. The molecular formula is C16H13F3N4O2. The van der Waals surface area contributed by atoms with E-state index in [4.69, 9.17) is 4.42 Å². The van der Waals surface area contributed by atoms with Gasteiger partial charge < -0.3 is 14.5 Å². The van der Waals surface area contributed by atoms with E-state index in [2.05, 4.69) is 25.2 Å². The summed E-state index contributed by atoms with van der Waals surface area (Å²) in [6, 6.07) is 9.51. The van der Waals surface area contributed by atoms with Gasteiger partial charge in [-0.1, -0.05) is 17.2 Å². The van der Waals surface area contributed by atoms with Crippen LogP contribution in [0.15, 0.2) is 53.2 Å². The van der Waals surface area contributed by atoms with Gasteiger partial charge in [0.05, 0.1) is 6.42 Å². The van der Waals surface area contributed by atoms with Gasteiger partial charge in [0.25, 0.3) is 0 Å². The van der Waals surface area contributed by atoms with Gasteiger partial charge in [0, 0.05) is 18.9 Å². The molecule has 0 aliphatic carbocycles. The molecule has 0 bridgehead atoms. The Balaban J connectivity index is 1.58. The monoisotopic (exact) mass is 350 g/mol. The first kappa shape index (κ1) is 16.7. The Bertz CT molecular complexity index is 822. The fraction of sp³-hybridized carbons (Fsp3) is 0.188. The highest BCUT2D eigenvalue weighted by Gasteiger charge is 2.31. The molecule has 3 rings (SSSR count). The third-order valence-corrected chi connectivity index (χ3v) is 3.15. The lowest BCUT2D eigenvalue weighted by Gasteiger charge is -2.10. The van der Waals surface area contributed by atoms with E-state index in [9.17, 15) is 13.2 Å². The number of ether oxygens (including phenoxy) is 1. The number of nitrogens with zero attached hydrogens (tertiary/aromatic N) is 3. The van der Waals surface area contributed by atoms with Gasteiger partial charge in [-0.25, -0.2) is 0 Å². The SMILES string of the molecule is FC(F)(F)Oc1cccc(CNc2nnc(Cc3ccncc3)o2)c1. The summed E-state index contributed by atoms with van der Waals surface area (Å²) in [6.07, 6.45) is -0.922. The maximum absolute atomic E-state index is 12.2. The van der Waals surface area contributed by atoms with Crippen molar-refractivity contribution >= 4 is 6.01 Å². The van der Waals surface area contributed by atoms with E-state index < -0.39 is 6.36 Å². The third kappa shape index (κ3) is 5.20. The van der Waals surface area contributed by atoms with Crippen LogP contribution < -0.4 is 10.1 Å². The predicted octanol–water partition coefficient (Wildman–Crippen LogP) is 3.57. The van der Waals surface area contributed by atoms with E-state index in [1.165, 1.54) is 18.2 Å². The first-order valence-electron chi connectivity index (χ1n) is 7.28. The van der Waals surface area contributed by atoms with Crippen LogP contribution in [0.2, 0.25) is 0 Å². The molecule has 6 nitrogen and oxygen atoms in total. The van der Waals surface area contributed by atoms with Gasteiger partial charge in [-0.15, -0.1) is 18.3 Å². The van der Waals surface area contributed by atoms with Crippen LogP contribution in [0.3, 0.4) is 0 Å². The molecule has 0 unspecified atom stereocenters. The van der Waals surface area contributed by atoms with Gasteiger partial charge in [-0.2, -0.15) is 0 Å².